The topological polar surface area (TPSA) is 9.23 Å². The Morgan fingerprint density at radius 2 is 2.33 bits per heavy atom. The van der Waals surface area contributed by atoms with Crippen LogP contribution in [0.5, 0.6) is 0 Å². The molecule has 0 aromatic heterocycles. The molecule has 0 amide bonds. The largest absolute Gasteiger partial charge is 0.380 e. The first-order chi connectivity index (χ1) is 5.93. The van der Waals surface area contributed by atoms with Crippen LogP contribution < -0.4 is 0 Å². The summed E-state index contributed by atoms with van der Waals surface area (Å²) in [7, 11) is 0. The van der Waals surface area contributed by atoms with Gasteiger partial charge in [-0.15, -0.1) is 0 Å². The van der Waals surface area contributed by atoms with E-state index in [1.807, 2.05) is 0 Å². The van der Waals surface area contributed by atoms with Gasteiger partial charge in [0.1, 0.15) is 0 Å². The Kier molecular flexibility index (Phi) is 5.88. The number of hydrogen-bond donors (Lipinski definition) is 0. The Labute approximate surface area is 80.3 Å². The fourth-order valence-electron chi connectivity index (χ4n) is 1.44. The van der Waals surface area contributed by atoms with Gasteiger partial charge >= 0.3 is 0 Å². The second-order valence-corrected chi connectivity index (χ2v) is 4.83. The van der Waals surface area contributed by atoms with E-state index < -0.39 is 0 Å². The Morgan fingerprint density at radius 1 is 1.42 bits per heavy atom. The second-order valence-electron chi connectivity index (χ2n) is 3.42. The Balaban J connectivity index is 1.91. The van der Waals surface area contributed by atoms with Gasteiger partial charge in [-0.3, -0.25) is 0 Å². The summed E-state index contributed by atoms with van der Waals surface area (Å²) in [5, 5.41) is 0.801. The molecule has 0 aliphatic carbocycles. The van der Waals surface area contributed by atoms with E-state index in [2.05, 4.69) is 18.7 Å². The summed E-state index contributed by atoms with van der Waals surface area (Å²) in [5.41, 5.74) is 0. The molecule has 1 heterocycles. The van der Waals surface area contributed by atoms with Crippen LogP contribution in [-0.4, -0.2) is 24.2 Å². The van der Waals surface area contributed by atoms with Gasteiger partial charge < -0.3 is 4.74 Å². The lowest BCUT2D eigenvalue weighted by Gasteiger charge is -2.21. The number of hydrogen-bond acceptors (Lipinski definition) is 2. The highest BCUT2D eigenvalue weighted by Gasteiger charge is 2.13. The molecule has 0 saturated carbocycles. The zero-order chi connectivity index (χ0) is 8.65. The molecule has 1 aliphatic rings. The predicted octanol–water partition coefficient (Wildman–Crippen LogP) is 3.09. The van der Waals surface area contributed by atoms with Gasteiger partial charge in [0.15, 0.2) is 0 Å². The van der Waals surface area contributed by atoms with Crippen molar-refractivity contribution in [3.8, 4) is 0 Å². The molecule has 1 unspecified atom stereocenters. The van der Waals surface area contributed by atoms with E-state index in [1.54, 1.807) is 0 Å². The lowest BCUT2D eigenvalue weighted by molar-refractivity contribution is 0.101. The van der Waals surface area contributed by atoms with E-state index in [9.17, 15) is 0 Å². The summed E-state index contributed by atoms with van der Waals surface area (Å²) >= 11 is 2.11. The van der Waals surface area contributed by atoms with Crippen LogP contribution in [0.4, 0.5) is 0 Å². The van der Waals surface area contributed by atoms with Crippen LogP contribution in [0.25, 0.3) is 0 Å². The predicted molar refractivity (Wildman–Crippen MR) is 55.8 cm³/mol. The molecule has 0 aromatic carbocycles. The zero-order valence-electron chi connectivity index (χ0n) is 8.05. The Hall–Kier alpha value is 0.310. The molecular weight excluding hydrogens is 168 g/mol. The van der Waals surface area contributed by atoms with Crippen LogP contribution in [0.15, 0.2) is 0 Å². The highest BCUT2D eigenvalue weighted by Crippen LogP contribution is 2.21. The fourth-order valence-corrected chi connectivity index (χ4v) is 2.67. The van der Waals surface area contributed by atoms with Gasteiger partial charge in [-0.25, -0.2) is 0 Å². The van der Waals surface area contributed by atoms with Crippen molar-refractivity contribution in [1.29, 1.82) is 0 Å². The molecule has 12 heavy (non-hydrogen) atoms. The lowest BCUT2D eigenvalue weighted by atomic mass is 10.2. The molecule has 1 fully saturated rings. The number of thioether (sulfide) groups is 1. The highest BCUT2D eigenvalue weighted by atomic mass is 32.2. The van der Waals surface area contributed by atoms with E-state index in [1.165, 1.54) is 37.9 Å². The average molecular weight is 188 g/mol. The molecule has 2 heteroatoms. The van der Waals surface area contributed by atoms with Gasteiger partial charge in [0.25, 0.3) is 0 Å². The SMILES string of the molecule is CCCCCSC1CCCOC1. The van der Waals surface area contributed by atoms with E-state index in [-0.39, 0.29) is 0 Å². The first kappa shape index (κ1) is 10.4. The maximum Gasteiger partial charge on any atom is 0.0585 e. The van der Waals surface area contributed by atoms with Gasteiger partial charge in [-0.2, -0.15) is 11.8 Å². The minimum absolute atomic E-state index is 0.801. The molecule has 0 radical (unpaired) electrons. The van der Waals surface area contributed by atoms with E-state index >= 15 is 0 Å². The van der Waals surface area contributed by atoms with E-state index in [4.69, 9.17) is 4.74 Å². The lowest BCUT2D eigenvalue weighted by Crippen LogP contribution is -2.19. The minimum atomic E-state index is 0.801. The van der Waals surface area contributed by atoms with Crippen molar-refractivity contribution in [2.24, 2.45) is 0 Å². The van der Waals surface area contributed by atoms with E-state index in [0.717, 1.165) is 18.5 Å². The molecule has 0 N–H and O–H groups in total. The van der Waals surface area contributed by atoms with Crippen molar-refractivity contribution in [3.63, 3.8) is 0 Å². The molecule has 72 valence electrons. The molecule has 1 nitrogen and oxygen atoms in total. The zero-order valence-corrected chi connectivity index (χ0v) is 8.87. The molecule has 0 spiro atoms. The molecule has 1 saturated heterocycles. The van der Waals surface area contributed by atoms with Crippen molar-refractivity contribution in [2.75, 3.05) is 19.0 Å². The third kappa shape index (κ3) is 4.36. The standard InChI is InChI=1S/C10H20OS/c1-2-3-4-8-12-10-6-5-7-11-9-10/h10H,2-9H2,1H3. The van der Waals surface area contributed by atoms with Crippen LogP contribution in [-0.2, 0) is 4.74 Å². The van der Waals surface area contributed by atoms with Gasteiger partial charge in [0, 0.05) is 11.9 Å². The molecule has 1 aliphatic heterocycles. The molecule has 1 rings (SSSR count). The minimum Gasteiger partial charge on any atom is -0.380 e. The quantitative estimate of drug-likeness (QED) is 0.613. The summed E-state index contributed by atoms with van der Waals surface area (Å²) in [6.45, 7) is 4.25. The van der Waals surface area contributed by atoms with Gasteiger partial charge in [0.05, 0.1) is 6.61 Å². The van der Waals surface area contributed by atoms with Crippen LogP contribution in [0.2, 0.25) is 0 Å². The van der Waals surface area contributed by atoms with Crippen molar-refractivity contribution in [3.05, 3.63) is 0 Å². The maximum atomic E-state index is 5.42. The van der Waals surface area contributed by atoms with Crippen molar-refractivity contribution in [2.45, 2.75) is 44.3 Å². The smallest absolute Gasteiger partial charge is 0.0585 e. The summed E-state index contributed by atoms with van der Waals surface area (Å²) in [4.78, 5) is 0. The van der Waals surface area contributed by atoms with Crippen LogP contribution in [0, 0.1) is 0 Å². The van der Waals surface area contributed by atoms with Crippen molar-refractivity contribution < 1.29 is 4.74 Å². The summed E-state index contributed by atoms with van der Waals surface area (Å²) in [6.07, 6.45) is 6.75. The molecule has 1 atom stereocenters. The van der Waals surface area contributed by atoms with Crippen LogP contribution >= 0.6 is 11.8 Å². The molecular formula is C10H20OS. The van der Waals surface area contributed by atoms with Gasteiger partial charge in [0.2, 0.25) is 0 Å². The molecule has 0 bridgehead atoms. The monoisotopic (exact) mass is 188 g/mol. The maximum absolute atomic E-state index is 5.42. The Bertz CT molecular complexity index is 100. The first-order valence-electron chi connectivity index (χ1n) is 5.13. The van der Waals surface area contributed by atoms with Crippen LogP contribution in [0.1, 0.15) is 39.0 Å². The normalized spacial score (nSPS) is 24.2. The highest BCUT2D eigenvalue weighted by molar-refractivity contribution is 7.99. The van der Waals surface area contributed by atoms with Gasteiger partial charge in [-0.05, 0) is 25.0 Å². The molecule has 0 aromatic rings. The van der Waals surface area contributed by atoms with Gasteiger partial charge in [-0.1, -0.05) is 19.8 Å². The number of unbranched alkanes of at least 4 members (excludes halogenated alkanes) is 2. The van der Waals surface area contributed by atoms with Crippen LogP contribution in [0.3, 0.4) is 0 Å². The summed E-state index contributed by atoms with van der Waals surface area (Å²) < 4.78 is 5.42. The van der Waals surface area contributed by atoms with Crippen molar-refractivity contribution >= 4 is 11.8 Å². The third-order valence-corrected chi connectivity index (χ3v) is 3.59. The fraction of sp³-hybridized carbons (Fsp3) is 1.00. The van der Waals surface area contributed by atoms with E-state index in [0.29, 0.717) is 0 Å². The third-order valence-electron chi connectivity index (χ3n) is 2.22. The summed E-state index contributed by atoms with van der Waals surface area (Å²) in [5.74, 6) is 1.34. The van der Waals surface area contributed by atoms with Crippen molar-refractivity contribution in [1.82, 2.24) is 0 Å². The Morgan fingerprint density at radius 3 is 3.00 bits per heavy atom. The second kappa shape index (κ2) is 6.79. The summed E-state index contributed by atoms with van der Waals surface area (Å²) in [6, 6.07) is 0. The number of rotatable bonds is 5. The number of ether oxygens (including phenoxy) is 1. The first-order valence-corrected chi connectivity index (χ1v) is 6.17. The average Bonchev–Trinajstić information content (AvgIpc) is 2.14.